The lowest BCUT2D eigenvalue weighted by atomic mass is 9.75. The van der Waals surface area contributed by atoms with Crippen molar-refractivity contribution in [1.82, 2.24) is 14.5 Å². The van der Waals surface area contributed by atoms with Gasteiger partial charge >= 0.3 is 5.97 Å². The number of aromatic nitrogens is 2. The number of carbonyl (C=O) groups is 1. The second kappa shape index (κ2) is 8.94. The summed E-state index contributed by atoms with van der Waals surface area (Å²) in [5, 5.41) is 9.65. The van der Waals surface area contributed by atoms with E-state index in [4.69, 9.17) is 4.98 Å². The molecule has 1 aliphatic heterocycles. The molecule has 1 aliphatic carbocycles. The van der Waals surface area contributed by atoms with Crippen LogP contribution in [0.4, 0.5) is 5.95 Å². The molecule has 6 heteroatoms. The summed E-state index contributed by atoms with van der Waals surface area (Å²) in [7, 11) is 2.17. The third-order valence-corrected chi connectivity index (χ3v) is 7.25. The van der Waals surface area contributed by atoms with Crippen LogP contribution in [0.15, 0.2) is 48.5 Å². The lowest BCUT2D eigenvalue weighted by molar-refractivity contribution is -0.143. The molecule has 0 spiro atoms. The van der Waals surface area contributed by atoms with Crippen LogP contribution in [0.1, 0.15) is 42.7 Å². The van der Waals surface area contributed by atoms with Crippen molar-refractivity contribution in [1.29, 1.82) is 0 Å². The number of piperazine rings is 1. The summed E-state index contributed by atoms with van der Waals surface area (Å²) >= 11 is 0. The van der Waals surface area contributed by atoms with Crippen molar-refractivity contribution >= 4 is 23.0 Å². The van der Waals surface area contributed by atoms with Crippen LogP contribution in [-0.4, -0.2) is 58.8 Å². The van der Waals surface area contributed by atoms with E-state index in [1.807, 2.05) is 6.07 Å². The third-order valence-electron chi connectivity index (χ3n) is 7.25. The van der Waals surface area contributed by atoms with Crippen molar-refractivity contribution < 1.29 is 9.90 Å². The zero-order valence-corrected chi connectivity index (χ0v) is 18.8. The van der Waals surface area contributed by atoms with Gasteiger partial charge in [-0.25, -0.2) is 4.98 Å². The van der Waals surface area contributed by atoms with Crippen LogP contribution in [0.3, 0.4) is 0 Å². The Morgan fingerprint density at radius 1 is 1.00 bits per heavy atom. The second-order valence-electron chi connectivity index (χ2n) is 9.35. The maximum Gasteiger partial charge on any atom is 0.307 e. The maximum atomic E-state index is 11.7. The van der Waals surface area contributed by atoms with E-state index in [1.54, 1.807) is 0 Å². The highest BCUT2D eigenvalue weighted by Gasteiger charge is 2.31. The molecule has 2 fully saturated rings. The zero-order chi connectivity index (χ0) is 22.1. The molecule has 2 aliphatic rings. The molecule has 168 valence electrons. The molecule has 0 radical (unpaired) electrons. The molecule has 1 N–H and O–H groups in total. The van der Waals surface area contributed by atoms with Gasteiger partial charge in [0.25, 0.3) is 0 Å². The highest BCUT2D eigenvalue weighted by atomic mass is 16.4. The smallest absolute Gasteiger partial charge is 0.307 e. The first kappa shape index (κ1) is 21.0. The van der Waals surface area contributed by atoms with E-state index in [2.05, 4.69) is 63.9 Å². The number of anilines is 1. The van der Waals surface area contributed by atoms with Gasteiger partial charge in [-0.05, 0) is 49.1 Å². The predicted molar refractivity (Wildman–Crippen MR) is 127 cm³/mol. The van der Waals surface area contributed by atoms with Gasteiger partial charge in [-0.15, -0.1) is 0 Å². The quantitative estimate of drug-likeness (QED) is 0.655. The van der Waals surface area contributed by atoms with Gasteiger partial charge in [0.05, 0.1) is 23.5 Å². The fourth-order valence-electron chi connectivity index (χ4n) is 5.34. The summed E-state index contributed by atoms with van der Waals surface area (Å²) in [6, 6.07) is 17.0. The van der Waals surface area contributed by atoms with Crippen molar-refractivity contribution in [2.45, 2.75) is 38.1 Å². The van der Waals surface area contributed by atoms with E-state index in [0.29, 0.717) is 0 Å². The Balaban J connectivity index is 1.42. The van der Waals surface area contributed by atoms with Crippen LogP contribution in [0.2, 0.25) is 0 Å². The molecule has 32 heavy (non-hydrogen) atoms. The molecular formula is C26H32N4O2. The van der Waals surface area contributed by atoms with Gasteiger partial charge in [0.15, 0.2) is 0 Å². The van der Waals surface area contributed by atoms with Crippen molar-refractivity contribution in [2.75, 3.05) is 38.1 Å². The summed E-state index contributed by atoms with van der Waals surface area (Å²) in [6.07, 6.45) is 3.90. The van der Waals surface area contributed by atoms with E-state index < -0.39 is 5.97 Å². The Kier molecular flexibility index (Phi) is 5.87. The first-order valence-electron chi connectivity index (χ1n) is 11.8. The van der Waals surface area contributed by atoms with Crippen LogP contribution in [0.25, 0.3) is 11.0 Å². The Morgan fingerprint density at radius 3 is 2.47 bits per heavy atom. The van der Waals surface area contributed by atoms with Gasteiger partial charge < -0.3 is 19.5 Å². The topological polar surface area (TPSA) is 61.6 Å². The van der Waals surface area contributed by atoms with Gasteiger partial charge in [-0.2, -0.15) is 0 Å². The number of aliphatic carboxylic acids is 1. The fourth-order valence-corrected chi connectivity index (χ4v) is 5.34. The average molecular weight is 433 g/mol. The van der Waals surface area contributed by atoms with E-state index in [9.17, 15) is 9.90 Å². The number of likely N-dealkylation sites (N-methyl/N-ethyl adjacent to an activating group) is 1. The molecule has 2 heterocycles. The molecule has 3 aromatic rings. The SMILES string of the molecule is CN1CCN(c2nc3ccccc3n2Cc2ccc(C3CCCCC3C(=O)O)cc2)CC1. The summed E-state index contributed by atoms with van der Waals surface area (Å²) in [5.41, 5.74) is 4.57. The maximum absolute atomic E-state index is 11.7. The number of carboxylic acid groups (broad SMARTS) is 1. The summed E-state index contributed by atoms with van der Waals surface area (Å²) in [6.45, 7) is 4.82. The first-order valence-corrected chi connectivity index (χ1v) is 11.8. The molecule has 1 saturated carbocycles. The minimum Gasteiger partial charge on any atom is -0.481 e. The standard InChI is InChI=1S/C26H32N4O2/c1-28-14-16-29(17-15-28)26-27-23-8-4-5-9-24(23)30(26)18-19-10-12-20(13-11-19)21-6-2-3-7-22(21)25(31)32/h4-5,8-13,21-22H,2-3,6-7,14-18H2,1H3,(H,31,32). The molecule has 2 aromatic carbocycles. The Morgan fingerprint density at radius 2 is 1.72 bits per heavy atom. The van der Waals surface area contributed by atoms with Crippen molar-refractivity contribution in [3.8, 4) is 0 Å². The molecule has 0 bridgehead atoms. The lowest BCUT2D eigenvalue weighted by Gasteiger charge is -2.33. The molecule has 2 unspecified atom stereocenters. The van der Waals surface area contributed by atoms with Gasteiger partial charge in [0, 0.05) is 26.2 Å². The van der Waals surface area contributed by atoms with Gasteiger partial charge in [-0.1, -0.05) is 49.2 Å². The Bertz CT molecular complexity index is 1080. The average Bonchev–Trinajstić information content (AvgIpc) is 3.18. The highest BCUT2D eigenvalue weighted by molar-refractivity contribution is 5.79. The number of carboxylic acids is 1. The monoisotopic (exact) mass is 432 g/mol. The Hall–Kier alpha value is -2.86. The van der Waals surface area contributed by atoms with Crippen LogP contribution < -0.4 is 4.90 Å². The molecule has 6 nitrogen and oxygen atoms in total. The van der Waals surface area contributed by atoms with Crippen LogP contribution in [0.5, 0.6) is 0 Å². The van der Waals surface area contributed by atoms with E-state index >= 15 is 0 Å². The molecule has 0 amide bonds. The minimum atomic E-state index is -0.652. The molecule has 2 atom stereocenters. The number of para-hydroxylation sites is 2. The number of imidazole rings is 1. The predicted octanol–water partition coefficient (Wildman–Crippen LogP) is 4.19. The molecule has 1 aromatic heterocycles. The number of nitrogens with zero attached hydrogens (tertiary/aromatic N) is 4. The van der Waals surface area contributed by atoms with E-state index in [-0.39, 0.29) is 11.8 Å². The lowest BCUT2D eigenvalue weighted by Crippen LogP contribution is -2.45. The number of hydrogen-bond acceptors (Lipinski definition) is 4. The highest BCUT2D eigenvalue weighted by Crippen LogP contribution is 2.38. The normalized spacial score (nSPS) is 22.3. The van der Waals surface area contributed by atoms with Crippen LogP contribution in [-0.2, 0) is 11.3 Å². The number of benzene rings is 2. The fraction of sp³-hybridized carbons (Fsp3) is 0.462. The second-order valence-corrected chi connectivity index (χ2v) is 9.35. The number of fused-ring (bicyclic) bond motifs is 1. The molecular weight excluding hydrogens is 400 g/mol. The van der Waals surface area contributed by atoms with Crippen molar-refractivity contribution in [2.24, 2.45) is 5.92 Å². The first-order chi connectivity index (χ1) is 15.6. The Labute approximate surface area is 189 Å². The largest absolute Gasteiger partial charge is 0.481 e. The van der Waals surface area contributed by atoms with E-state index in [0.717, 1.165) is 81.0 Å². The van der Waals surface area contributed by atoms with Crippen molar-refractivity contribution in [3.05, 3.63) is 59.7 Å². The third kappa shape index (κ3) is 4.11. The summed E-state index contributed by atoms with van der Waals surface area (Å²) in [4.78, 5) is 21.5. The summed E-state index contributed by atoms with van der Waals surface area (Å²) in [5.74, 6) is 0.267. The number of rotatable bonds is 5. The van der Waals surface area contributed by atoms with Crippen LogP contribution in [0, 0.1) is 5.92 Å². The van der Waals surface area contributed by atoms with Gasteiger partial charge in [0.2, 0.25) is 5.95 Å². The van der Waals surface area contributed by atoms with Gasteiger partial charge in [0.1, 0.15) is 0 Å². The minimum absolute atomic E-state index is 0.130. The van der Waals surface area contributed by atoms with Crippen molar-refractivity contribution in [3.63, 3.8) is 0 Å². The van der Waals surface area contributed by atoms with Crippen LogP contribution >= 0.6 is 0 Å². The van der Waals surface area contributed by atoms with Gasteiger partial charge in [-0.3, -0.25) is 4.79 Å². The zero-order valence-electron chi connectivity index (χ0n) is 18.8. The number of hydrogen-bond donors (Lipinski definition) is 1. The molecule has 5 rings (SSSR count). The molecule has 1 saturated heterocycles. The summed E-state index contributed by atoms with van der Waals surface area (Å²) < 4.78 is 2.33. The van der Waals surface area contributed by atoms with E-state index in [1.165, 1.54) is 5.56 Å².